The van der Waals surface area contributed by atoms with Crippen molar-refractivity contribution in [2.75, 3.05) is 32.9 Å². The Hall–Kier alpha value is -3.09. The van der Waals surface area contributed by atoms with Crippen molar-refractivity contribution >= 4 is 24.4 Å². The molecule has 6 heteroatoms. The summed E-state index contributed by atoms with van der Waals surface area (Å²) >= 11 is 4.45. The normalized spacial score (nSPS) is 12.2. The molecule has 0 aliphatic rings. The second-order valence-corrected chi connectivity index (χ2v) is 8.52. The number of carbonyl (C=O) groups excluding carboxylic acids is 2. The molecule has 0 fully saturated rings. The van der Waals surface area contributed by atoms with Crippen molar-refractivity contribution < 1.29 is 9.59 Å². The van der Waals surface area contributed by atoms with Gasteiger partial charge in [0, 0.05) is 18.8 Å². The summed E-state index contributed by atoms with van der Waals surface area (Å²) in [7, 11) is 3.88. The van der Waals surface area contributed by atoms with Crippen LogP contribution in [0.4, 0.5) is 4.79 Å². The molecular formula is C27H31N3O2S. The van der Waals surface area contributed by atoms with Crippen LogP contribution in [0.25, 0.3) is 0 Å². The van der Waals surface area contributed by atoms with Crippen molar-refractivity contribution in [2.24, 2.45) is 0 Å². The number of ketones is 1. The number of benzene rings is 3. The summed E-state index contributed by atoms with van der Waals surface area (Å²) in [5, 5.41) is 5.69. The number of rotatable bonds is 10. The van der Waals surface area contributed by atoms with Crippen LogP contribution in [0.2, 0.25) is 0 Å². The molecular weight excluding hydrogens is 430 g/mol. The van der Waals surface area contributed by atoms with Gasteiger partial charge in [-0.15, -0.1) is 0 Å². The van der Waals surface area contributed by atoms with Crippen LogP contribution >= 0.6 is 12.6 Å². The summed E-state index contributed by atoms with van der Waals surface area (Å²) in [4.78, 5) is 29.0. The Kier molecular flexibility index (Phi) is 8.69. The van der Waals surface area contributed by atoms with Crippen molar-refractivity contribution in [1.29, 1.82) is 0 Å². The molecule has 5 nitrogen and oxygen atoms in total. The number of thiol groups is 1. The molecule has 0 aliphatic heterocycles. The van der Waals surface area contributed by atoms with E-state index in [0.29, 0.717) is 13.1 Å². The zero-order valence-corrected chi connectivity index (χ0v) is 20.0. The molecule has 0 aliphatic carbocycles. The second-order valence-electron chi connectivity index (χ2n) is 8.15. The van der Waals surface area contributed by atoms with Crippen LogP contribution in [-0.4, -0.2) is 55.7 Å². The first-order valence-electron chi connectivity index (χ1n) is 11.0. The fraction of sp³-hybridized carbons (Fsp3) is 0.259. The van der Waals surface area contributed by atoms with Crippen molar-refractivity contribution in [3.05, 3.63) is 108 Å². The molecule has 2 amide bonds. The zero-order valence-electron chi connectivity index (χ0n) is 19.1. The van der Waals surface area contributed by atoms with Crippen molar-refractivity contribution in [3.63, 3.8) is 0 Å². The number of nitrogens with zero attached hydrogens (tertiary/aromatic N) is 1. The van der Waals surface area contributed by atoms with Gasteiger partial charge < -0.3 is 15.5 Å². The molecule has 3 aromatic rings. The number of hydrogen-bond acceptors (Lipinski definition) is 4. The lowest BCUT2D eigenvalue weighted by atomic mass is 9.65. The van der Waals surface area contributed by atoms with E-state index in [-0.39, 0.29) is 17.6 Å². The number of hydrogen-bond donors (Lipinski definition) is 3. The SMILES string of the molecule is CN(C)CCNC(=O)N[C@@H](CS)C(=O)C(c1ccccc1)(c1ccccc1)c1ccccc1. The lowest BCUT2D eigenvalue weighted by molar-refractivity contribution is -0.123. The van der Waals surface area contributed by atoms with Gasteiger partial charge in [-0.2, -0.15) is 12.6 Å². The molecule has 1 atom stereocenters. The zero-order chi connectivity index (χ0) is 23.7. The maximum atomic E-state index is 14.4. The molecule has 3 aromatic carbocycles. The number of nitrogens with one attached hydrogen (secondary N) is 2. The fourth-order valence-corrected chi connectivity index (χ4v) is 4.31. The van der Waals surface area contributed by atoms with Gasteiger partial charge in [-0.25, -0.2) is 4.79 Å². The minimum Gasteiger partial charge on any atom is -0.337 e. The van der Waals surface area contributed by atoms with Crippen LogP contribution in [0.1, 0.15) is 16.7 Å². The standard InChI is InChI=1S/C27H31N3O2S/c1-30(2)19-18-28-26(32)29-24(20-33)25(31)27(21-12-6-3-7-13-21,22-14-8-4-9-15-22)23-16-10-5-11-17-23/h3-17,24,33H,18-20H2,1-2H3,(H2,28,29,32)/t24-/m0/s1. The van der Waals surface area contributed by atoms with E-state index in [9.17, 15) is 9.59 Å². The lowest BCUT2D eigenvalue weighted by Gasteiger charge is -2.37. The van der Waals surface area contributed by atoms with Gasteiger partial charge in [0.15, 0.2) is 5.78 Å². The van der Waals surface area contributed by atoms with Gasteiger partial charge in [-0.05, 0) is 30.8 Å². The highest BCUT2D eigenvalue weighted by molar-refractivity contribution is 7.80. The molecule has 0 unspecified atom stereocenters. The number of amides is 2. The molecule has 0 saturated carbocycles. The minimum atomic E-state index is -1.10. The van der Waals surface area contributed by atoms with Crippen LogP contribution in [0.15, 0.2) is 91.0 Å². The summed E-state index contributed by atoms with van der Waals surface area (Å²) in [5.41, 5.74) is 1.42. The van der Waals surface area contributed by atoms with Gasteiger partial charge in [-0.1, -0.05) is 91.0 Å². The van der Waals surface area contributed by atoms with Crippen LogP contribution in [0.3, 0.4) is 0 Å². The van der Waals surface area contributed by atoms with E-state index in [0.717, 1.165) is 16.7 Å². The molecule has 0 saturated heterocycles. The third kappa shape index (κ3) is 5.64. The summed E-state index contributed by atoms with van der Waals surface area (Å²) in [6.45, 7) is 1.18. The maximum Gasteiger partial charge on any atom is 0.315 e. The van der Waals surface area contributed by atoms with Crippen molar-refractivity contribution in [2.45, 2.75) is 11.5 Å². The average Bonchev–Trinajstić information content (AvgIpc) is 2.85. The highest BCUT2D eigenvalue weighted by atomic mass is 32.1. The van der Waals surface area contributed by atoms with Crippen molar-refractivity contribution in [3.8, 4) is 0 Å². The van der Waals surface area contributed by atoms with Crippen LogP contribution in [0, 0.1) is 0 Å². The van der Waals surface area contributed by atoms with Gasteiger partial charge in [-0.3, -0.25) is 4.79 Å². The third-order valence-electron chi connectivity index (χ3n) is 5.64. The molecule has 0 aromatic heterocycles. The monoisotopic (exact) mass is 461 g/mol. The molecule has 2 N–H and O–H groups in total. The highest BCUT2D eigenvalue weighted by Crippen LogP contribution is 2.41. The van der Waals surface area contributed by atoms with Crippen LogP contribution in [-0.2, 0) is 10.2 Å². The fourth-order valence-electron chi connectivity index (χ4n) is 4.05. The van der Waals surface area contributed by atoms with Gasteiger partial charge in [0.25, 0.3) is 0 Å². The summed E-state index contributed by atoms with van der Waals surface area (Å²) < 4.78 is 0. The summed E-state index contributed by atoms with van der Waals surface area (Å²) in [6, 6.07) is 28.0. The Morgan fingerprint density at radius 1 is 0.818 bits per heavy atom. The van der Waals surface area contributed by atoms with E-state index in [2.05, 4.69) is 23.3 Å². The molecule has 33 heavy (non-hydrogen) atoms. The number of likely N-dealkylation sites (N-methyl/N-ethyl adjacent to an activating group) is 1. The highest BCUT2D eigenvalue weighted by Gasteiger charge is 2.46. The Balaban J connectivity index is 2.09. The molecule has 0 radical (unpaired) electrons. The molecule has 3 rings (SSSR count). The van der Waals surface area contributed by atoms with E-state index in [1.165, 1.54) is 0 Å². The van der Waals surface area contributed by atoms with Crippen LogP contribution in [0.5, 0.6) is 0 Å². The first-order chi connectivity index (χ1) is 16.0. The Labute approximate surface area is 201 Å². The quantitative estimate of drug-likeness (QED) is 0.318. The predicted octanol–water partition coefficient (Wildman–Crippen LogP) is 3.75. The van der Waals surface area contributed by atoms with Gasteiger partial charge >= 0.3 is 6.03 Å². The summed E-state index contributed by atoms with van der Waals surface area (Å²) in [5.74, 6) is 0.0395. The average molecular weight is 462 g/mol. The molecule has 172 valence electrons. The Morgan fingerprint density at radius 2 is 1.24 bits per heavy atom. The lowest BCUT2D eigenvalue weighted by Crippen LogP contribution is -2.54. The Bertz CT molecular complexity index is 930. The molecule has 0 heterocycles. The van der Waals surface area contributed by atoms with Gasteiger partial charge in [0.2, 0.25) is 0 Å². The van der Waals surface area contributed by atoms with E-state index in [1.807, 2.05) is 110 Å². The smallest absolute Gasteiger partial charge is 0.315 e. The van der Waals surface area contributed by atoms with Gasteiger partial charge in [0.1, 0.15) is 5.41 Å². The topological polar surface area (TPSA) is 61.4 Å². The molecule has 0 bridgehead atoms. The first-order valence-corrected chi connectivity index (χ1v) is 11.6. The van der Waals surface area contributed by atoms with Gasteiger partial charge in [0.05, 0.1) is 6.04 Å². The number of urea groups is 1. The Morgan fingerprint density at radius 3 is 1.61 bits per heavy atom. The van der Waals surface area contributed by atoms with Crippen LogP contribution < -0.4 is 10.6 Å². The molecule has 0 spiro atoms. The first kappa shape index (κ1) is 24.6. The largest absolute Gasteiger partial charge is 0.337 e. The number of carbonyl (C=O) groups is 2. The van der Waals surface area contributed by atoms with Crippen molar-refractivity contribution in [1.82, 2.24) is 15.5 Å². The van der Waals surface area contributed by atoms with E-state index < -0.39 is 11.5 Å². The minimum absolute atomic E-state index is 0.135. The maximum absolute atomic E-state index is 14.4. The van der Waals surface area contributed by atoms with E-state index in [4.69, 9.17) is 0 Å². The number of Topliss-reactive ketones (excluding diaryl/α,β-unsaturated/α-hetero) is 1. The van der Waals surface area contributed by atoms with E-state index in [1.54, 1.807) is 0 Å². The third-order valence-corrected chi connectivity index (χ3v) is 6.00. The summed E-state index contributed by atoms with van der Waals surface area (Å²) in [6.07, 6.45) is 0. The van der Waals surface area contributed by atoms with E-state index >= 15 is 0 Å². The second kappa shape index (κ2) is 11.7. The predicted molar refractivity (Wildman–Crippen MR) is 137 cm³/mol.